The SMILES string of the molecule is CC[C@H](C)C(C(=O)O)N1C(=O)C2C(C1=O)[C@H]1CC[C@@H]2O1. The zero-order valence-electron chi connectivity index (χ0n) is 11.6. The molecule has 3 saturated heterocycles. The van der Waals surface area contributed by atoms with Crippen LogP contribution in [0.3, 0.4) is 0 Å². The number of hydrogen-bond donors (Lipinski definition) is 1. The minimum absolute atomic E-state index is 0.196. The molecule has 0 aromatic rings. The maximum Gasteiger partial charge on any atom is 0.327 e. The van der Waals surface area contributed by atoms with Crippen molar-refractivity contribution in [3.63, 3.8) is 0 Å². The lowest BCUT2D eigenvalue weighted by molar-refractivity contribution is -0.158. The van der Waals surface area contributed by atoms with Gasteiger partial charge in [-0.3, -0.25) is 14.5 Å². The van der Waals surface area contributed by atoms with E-state index >= 15 is 0 Å². The average molecular weight is 281 g/mol. The molecule has 3 aliphatic heterocycles. The van der Waals surface area contributed by atoms with Crippen LogP contribution in [0.5, 0.6) is 0 Å². The fraction of sp³-hybridized carbons (Fsp3) is 0.786. The van der Waals surface area contributed by atoms with E-state index in [4.69, 9.17) is 4.74 Å². The fourth-order valence-electron chi connectivity index (χ4n) is 3.84. The van der Waals surface area contributed by atoms with Gasteiger partial charge in [-0.1, -0.05) is 20.3 Å². The van der Waals surface area contributed by atoms with Gasteiger partial charge < -0.3 is 9.84 Å². The number of amides is 2. The van der Waals surface area contributed by atoms with E-state index in [1.54, 1.807) is 6.92 Å². The van der Waals surface area contributed by atoms with Crippen LogP contribution in [-0.4, -0.2) is 46.0 Å². The zero-order valence-corrected chi connectivity index (χ0v) is 11.6. The number of fused-ring (bicyclic) bond motifs is 5. The summed E-state index contributed by atoms with van der Waals surface area (Å²) in [5.74, 6) is -2.95. The lowest BCUT2D eigenvalue weighted by atomic mass is 9.81. The first-order valence-corrected chi connectivity index (χ1v) is 7.22. The fourth-order valence-corrected chi connectivity index (χ4v) is 3.84. The maximum absolute atomic E-state index is 12.5. The van der Waals surface area contributed by atoms with Gasteiger partial charge in [0.05, 0.1) is 24.0 Å². The van der Waals surface area contributed by atoms with Gasteiger partial charge in [0.2, 0.25) is 11.8 Å². The number of rotatable bonds is 4. The topological polar surface area (TPSA) is 83.9 Å². The van der Waals surface area contributed by atoms with Crippen LogP contribution in [0, 0.1) is 17.8 Å². The lowest BCUT2D eigenvalue weighted by Gasteiger charge is -2.28. The highest BCUT2D eigenvalue weighted by atomic mass is 16.5. The summed E-state index contributed by atoms with van der Waals surface area (Å²) in [6.45, 7) is 3.62. The van der Waals surface area contributed by atoms with Crippen molar-refractivity contribution in [2.24, 2.45) is 17.8 Å². The van der Waals surface area contributed by atoms with Crippen LogP contribution >= 0.6 is 0 Å². The smallest absolute Gasteiger partial charge is 0.327 e. The van der Waals surface area contributed by atoms with Crippen LogP contribution in [0.15, 0.2) is 0 Å². The molecule has 0 aliphatic carbocycles. The Morgan fingerprint density at radius 2 is 1.80 bits per heavy atom. The Balaban J connectivity index is 1.93. The van der Waals surface area contributed by atoms with E-state index in [1.807, 2.05) is 6.92 Å². The number of nitrogens with zero attached hydrogens (tertiary/aromatic N) is 1. The first-order valence-electron chi connectivity index (χ1n) is 7.22. The Morgan fingerprint density at radius 1 is 1.30 bits per heavy atom. The van der Waals surface area contributed by atoms with Crippen LogP contribution in [0.2, 0.25) is 0 Å². The van der Waals surface area contributed by atoms with Crippen LogP contribution in [0.25, 0.3) is 0 Å². The summed E-state index contributed by atoms with van der Waals surface area (Å²) in [5, 5.41) is 9.40. The molecular formula is C14H19NO5. The molecule has 0 saturated carbocycles. The third-order valence-electron chi connectivity index (χ3n) is 5.03. The second-order valence-corrected chi connectivity index (χ2v) is 6.06. The van der Waals surface area contributed by atoms with Crippen LogP contribution in [0.1, 0.15) is 33.1 Å². The molecule has 6 nitrogen and oxygen atoms in total. The number of hydrogen-bond acceptors (Lipinski definition) is 4. The van der Waals surface area contributed by atoms with Gasteiger partial charge in [0.15, 0.2) is 0 Å². The molecule has 2 bridgehead atoms. The normalized spacial score (nSPS) is 38.2. The summed E-state index contributed by atoms with van der Waals surface area (Å²) >= 11 is 0. The van der Waals surface area contributed by atoms with Crippen molar-refractivity contribution < 1.29 is 24.2 Å². The highest BCUT2D eigenvalue weighted by Gasteiger charge is 2.64. The standard InChI is InChI=1S/C14H19NO5/c1-3-6(2)11(14(18)19)15-12(16)9-7-4-5-8(20-7)10(9)13(15)17/h6-11H,3-5H2,1-2H3,(H,18,19)/t6-,7-,8+,9?,10?,11?/m0/s1. The van der Waals surface area contributed by atoms with Gasteiger partial charge in [-0.25, -0.2) is 4.79 Å². The molecule has 20 heavy (non-hydrogen) atoms. The van der Waals surface area contributed by atoms with Gasteiger partial charge in [0, 0.05) is 0 Å². The first-order chi connectivity index (χ1) is 9.47. The van der Waals surface area contributed by atoms with Crippen molar-refractivity contribution in [3.8, 4) is 0 Å². The average Bonchev–Trinajstić information content (AvgIpc) is 3.07. The molecule has 0 aromatic carbocycles. The monoisotopic (exact) mass is 281 g/mol. The molecule has 2 amide bonds. The maximum atomic E-state index is 12.5. The molecule has 0 aromatic heterocycles. The van der Waals surface area contributed by atoms with Crippen LogP contribution in [0.4, 0.5) is 0 Å². The third kappa shape index (κ3) is 1.63. The van der Waals surface area contributed by atoms with Gasteiger partial charge >= 0.3 is 5.97 Å². The Labute approximate surface area is 117 Å². The van der Waals surface area contributed by atoms with Gasteiger partial charge in [0.1, 0.15) is 6.04 Å². The van der Waals surface area contributed by atoms with Crippen molar-refractivity contribution in [3.05, 3.63) is 0 Å². The van der Waals surface area contributed by atoms with E-state index in [9.17, 15) is 19.5 Å². The quantitative estimate of drug-likeness (QED) is 0.765. The van der Waals surface area contributed by atoms with E-state index in [2.05, 4.69) is 0 Å². The molecule has 0 spiro atoms. The van der Waals surface area contributed by atoms with Crippen molar-refractivity contribution in [1.29, 1.82) is 0 Å². The summed E-state index contributed by atoms with van der Waals surface area (Å²) in [7, 11) is 0. The zero-order chi connectivity index (χ0) is 14.6. The molecule has 3 unspecified atom stereocenters. The number of carboxylic acids is 1. The Morgan fingerprint density at radius 3 is 2.20 bits per heavy atom. The molecule has 3 aliphatic rings. The van der Waals surface area contributed by atoms with Gasteiger partial charge in [-0.2, -0.15) is 0 Å². The summed E-state index contributed by atoms with van der Waals surface area (Å²) in [4.78, 5) is 37.5. The number of aliphatic carboxylic acids is 1. The predicted octanol–water partition coefficient (Wildman–Crippen LogP) is 0.648. The Kier molecular flexibility index (Phi) is 3.08. The van der Waals surface area contributed by atoms with Crippen molar-refractivity contribution >= 4 is 17.8 Å². The van der Waals surface area contributed by atoms with Gasteiger partial charge in [0.25, 0.3) is 0 Å². The van der Waals surface area contributed by atoms with E-state index in [0.717, 1.165) is 17.7 Å². The lowest BCUT2D eigenvalue weighted by Crippen LogP contribution is -2.50. The molecule has 3 fully saturated rings. The van der Waals surface area contributed by atoms with Crippen LogP contribution < -0.4 is 0 Å². The molecule has 6 atom stereocenters. The second-order valence-electron chi connectivity index (χ2n) is 6.06. The molecule has 110 valence electrons. The number of ether oxygens (including phenoxy) is 1. The first kappa shape index (κ1) is 13.5. The van der Waals surface area contributed by atoms with Gasteiger partial charge in [-0.05, 0) is 18.8 Å². The number of likely N-dealkylation sites (tertiary alicyclic amines) is 1. The minimum Gasteiger partial charge on any atom is -0.480 e. The van der Waals surface area contributed by atoms with E-state index in [-0.39, 0.29) is 29.9 Å². The molecule has 0 radical (unpaired) electrons. The number of carbonyl (C=O) groups is 3. The third-order valence-corrected chi connectivity index (χ3v) is 5.03. The molecule has 6 heteroatoms. The van der Waals surface area contributed by atoms with E-state index in [1.165, 1.54) is 0 Å². The van der Waals surface area contributed by atoms with Crippen molar-refractivity contribution in [1.82, 2.24) is 4.90 Å². The number of carboxylic acid groups (broad SMARTS) is 1. The van der Waals surface area contributed by atoms with Crippen LogP contribution in [-0.2, 0) is 19.1 Å². The number of imide groups is 1. The number of carbonyl (C=O) groups excluding carboxylic acids is 2. The largest absolute Gasteiger partial charge is 0.480 e. The molecule has 1 N–H and O–H groups in total. The Bertz CT molecular complexity index is 448. The van der Waals surface area contributed by atoms with Crippen molar-refractivity contribution in [2.75, 3.05) is 0 Å². The molecule has 3 heterocycles. The molecule has 3 rings (SSSR count). The minimum atomic E-state index is -1.10. The summed E-state index contributed by atoms with van der Waals surface area (Å²) in [6, 6.07) is -1.05. The highest BCUT2D eigenvalue weighted by Crippen LogP contribution is 2.49. The van der Waals surface area contributed by atoms with E-state index in [0.29, 0.717) is 6.42 Å². The van der Waals surface area contributed by atoms with Gasteiger partial charge in [-0.15, -0.1) is 0 Å². The van der Waals surface area contributed by atoms with Crippen molar-refractivity contribution in [2.45, 2.75) is 51.4 Å². The second kappa shape index (κ2) is 4.55. The summed E-state index contributed by atoms with van der Waals surface area (Å²) in [6.07, 6.45) is 1.79. The highest BCUT2D eigenvalue weighted by molar-refractivity contribution is 6.08. The molecular weight excluding hydrogens is 262 g/mol. The summed E-state index contributed by atoms with van der Waals surface area (Å²) < 4.78 is 5.64. The Hall–Kier alpha value is -1.43. The summed E-state index contributed by atoms with van der Waals surface area (Å²) in [5.41, 5.74) is 0. The predicted molar refractivity (Wildman–Crippen MR) is 67.6 cm³/mol. The van der Waals surface area contributed by atoms with E-state index < -0.39 is 23.8 Å².